The molecule has 2 aromatic rings. The molecule has 1 unspecified atom stereocenters. The van der Waals surface area contributed by atoms with Crippen molar-refractivity contribution in [3.63, 3.8) is 0 Å². The average molecular weight is 562 g/mol. The van der Waals surface area contributed by atoms with Crippen LogP contribution in [0.1, 0.15) is 29.8 Å². The highest BCUT2D eigenvalue weighted by Gasteiger charge is 2.24. The molecule has 1 atom stereocenters. The molecular weight excluding hydrogens is 530 g/mol. The Bertz CT molecular complexity index is 1330. The van der Waals surface area contributed by atoms with Crippen molar-refractivity contribution in [1.82, 2.24) is 0 Å². The number of methoxy groups -OCH3 is 1. The molecule has 41 heavy (non-hydrogen) atoms. The van der Waals surface area contributed by atoms with E-state index in [0.717, 1.165) is 6.08 Å². The van der Waals surface area contributed by atoms with Crippen LogP contribution in [0.5, 0.6) is 11.5 Å². The standard InChI is InChI=1S/C20H15NO4.C7H10O3.C4H6O2/c1-3-19(22)25-18-10-6-15(7-11-18)20(23)16(13-21)12-14-4-8-17(24-2)9-5-14;1-5(2)7(8)10-4-6-3-9-6;1-3(2)4(5)6/h3-12H,1H2,2H3;6H,1,3-4H2,2H3;1H2,2H3,(H,5,6). The number of carbonyl (C=O) groups is 4. The fraction of sp³-hybridized carbons (Fsp3) is 0.194. The third-order valence-electron chi connectivity index (χ3n) is 4.81. The van der Waals surface area contributed by atoms with E-state index in [4.69, 9.17) is 24.1 Å². The number of hydrogen-bond acceptors (Lipinski definition) is 9. The average Bonchev–Trinajstić information content (AvgIpc) is 3.80. The predicted molar refractivity (Wildman–Crippen MR) is 151 cm³/mol. The van der Waals surface area contributed by atoms with E-state index in [1.807, 2.05) is 6.07 Å². The van der Waals surface area contributed by atoms with Crippen LogP contribution < -0.4 is 9.47 Å². The Hall–Kier alpha value is -5.27. The van der Waals surface area contributed by atoms with Gasteiger partial charge >= 0.3 is 17.9 Å². The van der Waals surface area contributed by atoms with Crippen molar-refractivity contribution in [2.75, 3.05) is 20.3 Å². The Morgan fingerprint density at radius 3 is 1.98 bits per heavy atom. The van der Waals surface area contributed by atoms with Crippen LogP contribution in [-0.2, 0) is 23.9 Å². The molecule has 0 radical (unpaired) electrons. The van der Waals surface area contributed by atoms with Crippen molar-refractivity contribution in [3.8, 4) is 17.6 Å². The second-order valence-corrected chi connectivity index (χ2v) is 8.34. The van der Waals surface area contributed by atoms with Gasteiger partial charge in [-0.15, -0.1) is 0 Å². The minimum atomic E-state index is -0.935. The van der Waals surface area contributed by atoms with Gasteiger partial charge in [-0.3, -0.25) is 4.79 Å². The van der Waals surface area contributed by atoms with Crippen molar-refractivity contribution >= 4 is 29.8 Å². The lowest BCUT2D eigenvalue weighted by molar-refractivity contribution is -0.139. The van der Waals surface area contributed by atoms with E-state index in [1.54, 1.807) is 38.3 Å². The van der Waals surface area contributed by atoms with Crippen LogP contribution in [0.3, 0.4) is 0 Å². The van der Waals surface area contributed by atoms with Crippen LogP contribution in [0.4, 0.5) is 0 Å². The second-order valence-electron chi connectivity index (χ2n) is 8.34. The molecule has 1 heterocycles. The molecule has 1 saturated heterocycles. The quantitative estimate of drug-likeness (QED) is 0.108. The van der Waals surface area contributed by atoms with Gasteiger partial charge in [-0.2, -0.15) is 5.26 Å². The molecule has 1 fully saturated rings. The summed E-state index contributed by atoms with van der Waals surface area (Å²) in [5.41, 5.74) is 1.64. The van der Waals surface area contributed by atoms with E-state index in [2.05, 4.69) is 19.7 Å². The number of Topliss-reactive ketones (excluding diaryl/α,β-unsaturated/α-hetero) is 1. The second kappa shape index (κ2) is 17.3. The molecule has 10 nitrogen and oxygen atoms in total. The summed E-state index contributed by atoms with van der Waals surface area (Å²) in [7, 11) is 1.56. The summed E-state index contributed by atoms with van der Waals surface area (Å²) < 4.78 is 19.6. The van der Waals surface area contributed by atoms with Crippen molar-refractivity contribution < 1.29 is 43.2 Å². The van der Waals surface area contributed by atoms with Gasteiger partial charge in [0.25, 0.3) is 0 Å². The largest absolute Gasteiger partial charge is 0.497 e. The first-order chi connectivity index (χ1) is 19.4. The molecule has 2 aromatic carbocycles. The van der Waals surface area contributed by atoms with Crippen LogP contribution in [0.2, 0.25) is 0 Å². The number of allylic oxidation sites excluding steroid dienone is 1. The summed E-state index contributed by atoms with van der Waals surface area (Å²) in [5.74, 6) is -1.30. The number of carbonyl (C=O) groups excluding carboxylic acids is 3. The highest BCUT2D eigenvalue weighted by Crippen LogP contribution is 2.18. The van der Waals surface area contributed by atoms with E-state index in [-0.39, 0.29) is 23.2 Å². The Labute approximate surface area is 238 Å². The Kier molecular flexibility index (Phi) is 14.3. The minimum absolute atomic E-state index is 0.000929. The third kappa shape index (κ3) is 13.4. The van der Waals surface area contributed by atoms with Crippen LogP contribution in [0.15, 0.2) is 91.1 Å². The molecule has 10 heteroatoms. The molecule has 0 aliphatic carbocycles. The van der Waals surface area contributed by atoms with Crippen molar-refractivity contribution in [2.45, 2.75) is 20.0 Å². The first-order valence-electron chi connectivity index (χ1n) is 12.0. The molecule has 0 amide bonds. The molecule has 1 N–H and O–H groups in total. The zero-order valence-electron chi connectivity index (χ0n) is 23.0. The molecule has 1 aliphatic rings. The summed E-state index contributed by atoms with van der Waals surface area (Å²) in [4.78, 5) is 43.9. The Morgan fingerprint density at radius 1 is 1.02 bits per heavy atom. The molecule has 0 aromatic heterocycles. The van der Waals surface area contributed by atoms with Gasteiger partial charge in [-0.05, 0) is 61.9 Å². The van der Waals surface area contributed by atoms with Gasteiger partial charge in [-0.25, -0.2) is 14.4 Å². The number of aliphatic carboxylic acids is 1. The maximum atomic E-state index is 12.5. The van der Waals surface area contributed by atoms with Gasteiger partial charge in [0.1, 0.15) is 35.9 Å². The van der Waals surface area contributed by atoms with Gasteiger partial charge in [0, 0.05) is 22.8 Å². The number of epoxide rings is 1. The van der Waals surface area contributed by atoms with E-state index < -0.39 is 17.7 Å². The predicted octanol–water partition coefficient (Wildman–Crippen LogP) is 4.73. The third-order valence-corrected chi connectivity index (χ3v) is 4.81. The number of esters is 2. The number of nitriles is 1. The zero-order chi connectivity index (χ0) is 30.9. The van der Waals surface area contributed by atoms with Crippen LogP contribution in [0, 0.1) is 11.3 Å². The SMILES string of the molecule is C=C(C)C(=O)O.C=C(C)C(=O)OCC1CO1.C=CC(=O)Oc1ccc(C(=O)C(C#N)=Cc2ccc(OC)cc2)cc1. The number of hydrogen-bond donors (Lipinski definition) is 1. The smallest absolute Gasteiger partial charge is 0.335 e. The summed E-state index contributed by atoms with van der Waals surface area (Å²) in [5, 5.41) is 17.2. The number of carboxylic acids is 1. The van der Waals surface area contributed by atoms with Gasteiger partial charge < -0.3 is 24.1 Å². The lowest BCUT2D eigenvalue weighted by atomic mass is 10.0. The molecule has 0 spiro atoms. The lowest BCUT2D eigenvalue weighted by Gasteiger charge is -2.04. The van der Waals surface area contributed by atoms with Gasteiger partial charge in [0.15, 0.2) is 0 Å². The summed E-state index contributed by atoms with van der Waals surface area (Å²) in [6.07, 6.45) is 2.70. The maximum Gasteiger partial charge on any atom is 0.335 e. The number of ketones is 1. The normalized spacial score (nSPS) is 12.8. The fourth-order valence-electron chi connectivity index (χ4n) is 2.46. The van der Waals surface area contributed by atoms with Crippen LogP contribution in [0.25, 0.3) is 6.08 Å². The van der Waals surface area contributed by atoms with Crippen molar-refractivity contribution in [3.05, 3.63) is 102 Å². The highest BCUT2D eigenvalue weighted by atomic mass is 16.6. The van der Waals surface area contributed by atoms with E-state index >= 15 is 0 Å². The van der Waals surface area contributed by atoms with Crippen LogP contribution in [-0.4, -0.2) is 55.2 Å². The van der Waals surface area contributed by atoms with Gasteiger partial charge in [0.2, 0.25) is 5.78 Å². The van der Waals surface area contributed by atoms with E-state index in [9.17, 15) is 24.4 Å². The molecule has 3 rings (SSSR count). The van der Waals surface area contributed by atoms with Gasteiger partial charge in [-0.1, -0.05) is 31.9 Å². The number of benzene rings is 2. The maximum absolute atomic E-state index is 12.5. The van der Waals surface area contributed by atoms with E-state index in [0.29, 0.717) is 41.4 Å². The molecule has 0 saturated carbocycles. The summed E-state index contributed by atoms with van der Waals surface area (Å²) in [6, 6.07) is 14.9. The topological polar surface area (TPSA) is 153 Å². The molecule has 1 aliphatic heterocycles. The summed E-state index contributed by atoms with van der Waals surface area (Å²) in [6.45, 7) is 14.0. The molecule has 214 valence electrons. The number of nitrogens with zero attached hydrogens (tertiary/aromatic N) is 1. The first kappa shape index (κ1) is 33.8. The monoisotopic (exact) mass is 561 g/mol. The van der Waals surface area contributed by atoms with Crippen molar-refractivity contribution in [1.29, 1.82) is 5.26 Å². The number of rotatable bonds is 10. The molecular formula is C31H31NO9. The number of ether oxygens (including phenoxy) is 4. The number of carboxylic acid groups (broad SMARTS) is 1. The van der Waals surface area contributed by atoms with E-state index in [1.165, 1.54) is 37.3 Å². The highest BCUT2D eigenvalue weighted by molar-refractivity contribution is 6.14. The zero-order valence-corrected chi connectivity index (χ0v) is 23.0. The van der Waals surface area contributed by atoms with Gasteiger partial charge in [0.05, 0.1) is 13.7 Å². The van der Waals surface area contributed by atoms with Crippen LogP contribution >= 0.6 is 0 Å². The first-order valence-corrected chi connectivity index (χ1v) is 12.0. The summed E-state index contributed by atoms with van der Waals surface area (Å²) >= 11 is 0. The molecule has 0 bridgehead atoms. The van der Waals surface area contributed by atoms with Crippen molar-refractivity contribution in [2.24, 2.45) is 0 Å². The Balaban J connectivity index is 0.000000429. The lowest BCUT2D eigenvalue weighted by Crippen LogP contribution is -2.09. The Morgan fingerprint density at radius 2 is 1.56 bits per heavy atom. The minimum Gasteiger partial charge on any atom is -0.497 e. The fourth-order valence-corrected chi connectivity index (χ4v) is 2.46.